The fourth-order valence-electron chi connectivity index (χ4n) is 3.19. The molecular weight excluding hydrogens is 534 g/mol. The summed E-state index contributed by atoms with van der Waals surface area (Å²) in [5, 5.41) is 4.18. The van der Waals surface area contributed by atoms with Crippen molar-refractivity contribution in [1.82, 2.24) is 5.43 Å². The Morgan fingerprint density at radius 3 is 2.34 bits per heavy atom. The van der Waals surface area contributed by atoms with Gasteiger partial charge in [0.2, 0.25) is 0 Å². The van der Waals surface area contributed by atoms with Crippen LogP contribution >= 0.6 is 11.6 Å². The zero-order valence-corrected chi connectivity index (χ0v) is 22.5. The molecule has 0 aliphatic rings. The Balaban J connectivity index is 1.78. The number of nitrogens with one attached hydrogen (secondary N) is 1. The molecule has 1 amide bonds. The first-order chi connectivity index (χ1) is 18.1. The van der Waals surface area contributed by atoms with Gasteiger partial charge >= 0.3 is 5.97 Å². The highest BCUT2D eigenvalue weighted by molar-refractivity contribution is 7.92. The van der Waals surface area contributed by atoms with Gasteiger partial charge in [-0.15, -0.1) is 0 Å². The monoisotopic (exact) mass is 559 g/mol. The highest BCUT2D eigenvalue weighted by Crippen LogP contribution is 2.34. The number of amides is 1. The van der Waals surface area contributed by atoms with Crippen LogP contribution in [0.25, 0.3) is 0 Å². The van der Waals surface area contributed by atoms with E-state index in [1.165, 1.54) is 44.7 Å². The summed E-state index contributed by atoms with van der Waals surface area (Å²) in [6.45, 7) is 1.02. The van der Waals surface area contributed by atoms with Crippen molar-refractivity contribution in [3.05, 3.63) is 82.9 Å². The largest absolute Gasteiger partial charge is 0.495 e. The van der Waals surface area contributed by atoms with Gasteiger partial charge in [0, 0.05) is 5.02 Å². The minimum Gasteiger partial charge on any atom is -0.495 e. The molecule has 0 aliphatic heterocycles. The van der Waals surface area contributed by atoms with E-state index in [4.69, 9.17) is 21.1 Å². The molecule has 0 heterocycles. The number of methoxy groups -OCH3 is 2. The zero-order valence-electron chi connectivity index (χ0n) is 20.9. The molecule has 0 aromatic heterocycles. The number of hydrazone groups is 1. The minimum atomic E-state index is -4.18. The van der Waals surface area contributed by atoms with E-state index in [1.807, 2.05) is 6.92 Å². The molecule has 3 aromatic carbocycles. The van der Waals surface area contributed by atoms with Crippen LogP contribution in [0, 0.1) is 6.92 Å². The van der Waals surface area contributed by atoms with Crippen molar-refractivity contribution in [2.45, 2.75) is 11.8 Å². The lowest BCUT2D eigenvalue weighted by atomic mass is 10.2. The van der Waals surface area contributed by atoms with Crippen molar-refractivity contribution in [3.63, 3.8) is 0 Å². The number of halogens is 1. The minimum absolute atomic E-state index is 0.00376. The van der Waals surface area contributed by atoms with Gasteiger partial charge in [0.15, 0.2) is 6.61 Å². The Labute approximate surface area is 225 Å². The number of benzene rings is 3. The van der Waals surface area contributed by atoms with E-state index in [-0.39, 0.29) is 28.0 Å². The van der Waals surface area contributed by atoms with Gasteiger partial charge in [0.25, 0.3) is 15.9 Å². The molecule has 0 atom stereocenters. The fraction of sp³-hybridized carbons (Fsp3) is 0.192. The summed E-state index contributed by atoms with van der Waals surface area (Å²) in [7, 11) is -1.52. The van der Waals surface area contributed by atoms with E-state index in [0.29, 0.717) is 11.3 Å². The topological polar surface area (TPSA) is 124 Å². The Bertz CT molecular complexity index is 1410. The summed E-state index contributed by atoms with van der Waals surface area (Å²) in [4.78, 5) is 24.0. The molecule has 38 heavy (non-hydrogen) atoms. The normalized spacial score (nSPS) is 11.2. The van der Waals surface area contributed by atoms with Gasteiger partial charge in [0.05, 0.1) is 31.0 Å². The van der Waals surface area contributed by atoms with Crippen LogP contribution in [0.4, 0.5) is 5.69 Å². The van der Waals surface area contributed by atoms with Gasteiger partial charge in [-0.3, -0.25) is 9.10 Å². The SMILES string of the molecule is COC(=O)COc1ccc(/C=N\NC(=O)CN(c2cc(Cl)ccc2OC)S(=O)(=O)c2ccc(C)cc2)cc1. The number of rotatable bonds is 11. The first-order valence-corrected chi connectivity index (χ1v) is 13.0. The molecule has 0 saturated heterocycles. The fourth-order valence-corrected chi connectivity index (χ4v) is 4.78. The molecule has 0 saturated carbocycles. The second kappa shape index (κ2) is 12.9. The Kier molecular flexibility index (Phi) is 9.69. The molecule has 12 heteroatoms. The smallest absolute Gasteiger partial charge is 0.343 e. The maximum Gasteiger partial charge on any atom is 0.343 e. The highest BCUT2D eigenvalue weighted by atomic mass is 35.5. The number of carbonyl (C=O) groups excluding carboxylic acids is 2. The average molecular weight is 560 g/mol. The van der Waals surface area contributed by atoms with Crippen LogP contribution in [0.5, 0.6) is 11.5 Å². The molecule has 10 nitrogen and oxygen atoms in total. The molecule has 0 spiro atoms. The Morgan fingerprint density at radius 2 is 1.71 bits per heavy atom. The number of aryl methyl sites for hydroxylation is 1. The van der Waals surface area contributed by atoms with Crippen molar-refractivity contribution in [3.8, 4) is 11.5 Å². The second-order valence-corrected chi connectivity index (χ2v) is 10.2. The van der Waals surface area contributed by atoms with Gasteiger partial charge < -0.3 is 14.2 Å². The summed E-state index contributed by atoms with van der Waals surface area (Å²) in [6, 6.07) is 17.3. The maximum absolute atomic E-state index is 13.6. The summed E-state index contributed by atoms with van der Waals surface area (Å²) >= 11 is 6.14. The van der Waals surface area contributed by atoms with E-state index >= 15 is 0 Å². The van der Waals surface area contributed by atoms with Crippen LogP contribution in [-0.2, 0) is 24.3 Å². The maximum atomic E-state index is 13.6. The van der Waals surface area contributed by atoms with Crippen LogP contribution in [0.15, 0.2) is 76.7 Å². The third kappa shape index (κ3) is 7.46. The molecule has 200 valence electrons. The lowest BCUT2D eigenvalue weighted by Gasteiger charge is -2.25. The highest BCUT2D eigenvalue weighted by Gasteiger charge is 2.29. The van der Waals surface area contributed by atoms with E-state index in [2.05, 4.69) is 15.3 Å². The molecule has 0 bridgehead atoms. The van der Waals surface area contributed by atoms with Gasteiger partial charge in [-0.1, -0.05) is 29.3 Å². The summed E-state index contributed by atoms with van der Waals surface area (Å²) in [5.41, 5.74) is 3.94. The number of carbonyl (C=O) groups is 2. The van der Waals surface area contributed by atoms with E-state index in [9.17, 15) is 18.0 Å². The van der Waals surface area contributed by atoms with Gasteiger partial charge in [-0.2, -0.15) is 5.10 Å². The van der Waals surface area contributed by atoms with Crippen molar-refractivity contribution in [2.75, 3.05) is 31.7 Å². The first kappa shape index (κ1) is 28.5. The van der Waals surface area contributed by atoms with Crippen LogP contribution in [0.1, 0.15) is 11.1 Å². The molecule has 3 aromatic rings. The Morgan fingerprint density at radius 1 is 1.03 bits per heavy atom. The predicted molar refractivity (Wildman–Crippen MR) is 143 cm³/mol. The molecule has 0 aliphatic carbocycles. The van der Waals surface area contributed by atoms with E-state index in [1.54, 1.807) is 42.5 Å². The number of hydrogen-bond donors (Lipinski definition) is 1. The van der Waals surface area contributed by atoms with Gasteiger partial charge in [0.1, 0.15) is 18.0 Å². The number of anilines is 1. The van der Waals surface area contributed by atoms with Gasteiger partial charge in [-0.05, 0) is 67.1 Å². The van der Waals surface area contributed by atoms with Crippen molar-refractivity contribution in [1.29, 1.82) is 0 Å². The molecule has 0 unspecified atom stereocenters. The van der Waals surface area contributed by atoms with Crippen LogP contribution < -0.4 is 19.2 Å². The Hall–Kier alpha value is -4.09. The standard InChI is InChI=1S/C26H26ClN3O7S/c1-18-4-11-22(12-5-18)38(33,34)30(23-14-20(27)8-13-24(23)35-2)16-25(31)29-28-15-19-6-9-21(10-7-19)37-17-26(32)36-3/h4-15H,16-17H2,1-3H3,(H,29,31)/b28-15-. The summed E-state index contributed by atoms with van der Waals surface area (Å²) in [6.07, 6.45) is 1.38. The quantitative estimate of drug-likeness (QED) is 0.216. The number of nitrogens with zero attached hydrogens (tertiary/aromatic N) is 2. The van der Waals surface area contributed by atoms with Crippen molar-refractivity contribution < 1.29 is 32.2 Å². The molecule has 1 N–H and O–H groups in total. The number of hydrogen-bond acceptors (Lipinski definition) is 8. The number of sulfonamides is 1. The average Bonchev–Trinajstić information content (AvgIpc) is 2.91. The summed E-state index contributed by atoms with van der Waals surface area (Å²) < 4.78 is 43.2. The first-order valence-electron chi connectivity index (χ1n) is 11.2. The number of ether oxygens (including phenoxy) is 3. The molecule has 3 rings (SSSR count). The third-order valence-electron chi connectivity index (χ3n) is 5.17. The van der Waals surface area contributed by atoms with E-state index < -0.39 is 28.4 Å². The molecule has 0 fully saturated rings. The van der Waals surface area contributed by atoms with Crippen LogP contribution in [-0.4, -0.2) is 53.9 Å². The number of esters is 1. The van der Waals surface area contributed by atoms with Crippen molar-refractivity contribution >= 4 is 45.4 Å². The molecular formula is C26H26ClN3O7S. The second-order valence-electron chi connectivity index (χ2n) is 7.87. The van der Waals surface area contributed by atoms with Crippen LogP contribution in [0.2, 0.25) is 5.02 Å². The predicted octanol–water partition coefficient (Wildman–Crippen LogP) is 3.55. The van der Waals surface area contributed by atoms with Crippen molar-refractivity contribution in [2.24, 2.45) is 5.10 Å². The van der Waals surface area contributed by atoms with E-state index in [0.717, 1.165) is 9.87 Å². The lowest BCUT2D eigenvalue weighted by Crippen LogP contribution is -2.39. The molecule has 0 radical (unpaired) electrons. The summed E-state index contributed by atoms with van der Waals surface area (Å²) in [5.74, 6) is -0.538. The zero-order chi connectivity index (χ0) is 27.7. The lowest BCUT2D eigenvalue weighted by molar-refractivity contribution is -0.142. The third-order valence-corrected chi connectivity index (χ3v) is 7.18. The van der Waals surface area contributed by atoms with Crippen LogP contribution in [0.3, 0.4) is 0 Å². The van der Waals surface area contributed by atoms with Gasteiger partial charge in [-0.25, -0.2) is 18.6 Å².